The standard InChI is InChI=1S/C25H25FN4O3S/c1-16-14-29(15-28-16)22-8-3-17(12-23(22)33-2)11-19-13-27-25(34)30(24(19)32)21(9-10-31)18-4-6-20(26)7-5-18/h3-8,12-15,21,31H,9-11H2,1-2H3,(H,27,34). The summed E-state index contributed by atoms with van der Waals surface area (Å²) in [6.45, 7) is 1.76. The van der Waals surface area contributed by atoms with Gasteiger partial charge < -0.3 is 19.4 Å². The second-order valence-electron chi connectivity index (χ2n) is 7.98. The molecule has 2 aromatic carbocycles. The first-order chi connectivity index (χ1) is 16.4. The predicted octanol–water partition coefficient (Wildman–Crippen LogP) is 4.11. The second-order valence-corrected chi connectivity index (χ2v) is 8.37. The molecule has 0 aliphatic heterocycles. The van der Waals surface area contributed by atoms with Crippen molar-refractivity contribution in [2.24, 2.45) is 0 Å². The van der Waals surface area contributed by atoms with E-state index in [1.54, 1.807) is 31.8 Å². The average Bonchev–Trinajstić information content (AvgIpc) is 3.27. The first-order valence-corrected chi connectivity index (χ1v) is 11.2. The van der Waals surface area contributed by atoms with Gasteiger partial charge in [-0.15, -0.1) is 0 Å². The predicted molar refractivity (Wildman–Crippen MR) is 130 cm³/mol. The molecule has 0 saturated heterocycles. The van der Waals surface area contributed by atoms with Gasteiger partial charge in [0.25, 0.3) is 5.56 Å². The summed E-state index contributed by atoms with van der Waals surface area (Å²) < 4.78 is 22.6. The Bertz CT molecular complexity index is 1410. The number of aliphatic hydroxyl groups is 1. The fourth-order valence-electron chi connectivity index (χ4n) is 4.01. The number of aliphatic hydroxyl groups excluding tert-OH is 1. The highest BCUT2D eigenvalue weighted by Crippen LogP contribution is 2.26. The van der Waals surface area contributed by atoms with Crippen LogP contribution in [0, 0.1) is 17.5 Å². The fourth-order valence-corrected chi connectivity index (χ4v) is 4.28. The highest BCUT2D eigenvalue weighted by atomic mass is 32.1. The van der Waals surface area contributed by atoms with Crippen LogP contribution in [0.5, 0.6) is 5.75 Å². The molecule has 2 N–H and O–H groups in total. The number of methoxy groups -OCH3 is 1. The molecule has 0 fully saturated rings. The van der Waals surface area contributed by atoms with Crippen LogP contribution in [0.1, 0.15) is 34.8 Å². The Kier molecular flexibility index (Phi) is 7.04. The number of rotatable bonds is 8. The monoisotopic (exact) mass is 480 g/mol. The lowest BCUT2D eigenvalue weighted by Crippen LogP contribution is -2.30. The Morgan fingerprint density at radius 2 is 2.00 bits per heavy atom. The van der Waals surface area contributed by atoms with Crippen LogP contribution < -0.4 is 10.3 Å². The van der Waals surface area contributed by atoms with Crippen LogP contribution in [-0.2, 0) is 6.42 Å². The first-order valence-electron chi connectivity index (χ1n) is 10.8. The number of hydrogen-bond acceptors (Lipinski definition) is 5. The molecule has 0 aliphatic rings. The van der Waals surface area contributed by atoms with Gasteiger partial charge in [0.1, 0.15) is 11.6 Å². The lowest BCUT2D eigenvalue weighted by Gasteiger charge is -2.20. The molecule has 0 spiro atoms. The topological polar surface area (TPSA) is 85.1 Å². The van der Waals surface area contributed by atoms with Gasteiger partial charge in [0.05, 0.1) is 30.9 Å². The van der Waals surface area contributed by atoms with Crippen molar-refractivity contribution in [1.82, 2.24) is 19.1 Å². The van der Waals surface area contributed by atoms with Crippen molar-refractivity contribution < 1.29 is 14.2 Å². The number of nitrogens with one attached hydrogen (secondary N) is 1. The van der Waals surface area contributed by atoms with Crippen molar-refractivity contribution >= 4 is 12.2 Å². The van der Waals surface area contributed by atoms with Crippen molar-refractivity contribution in [2.75, 3.05) is 13.7 Å². The van der Waals surface area contributed by atoms with Crippen molar-refractivity contribution in [2.45, 2.75) is 25.8 Å². The zero-order valence-electron chi connectivity index (χ0n) is 18.9. The van der Waals surface area contributed by atoms with Gasteiger partial charge in [0, 0.05) is 31.0 Å². The van der Waals surface area contributed by atoms with E-state index < -0.39 is 6.04 Å². The molecule has 2 aromatic heterocycles. The maximum Gasteiger partial charge on any atom is 0.258 e. The minimum atomic E-state index is -0.525. The van der Waals surface area contributed by atoms with Gasteiger partial charge >= 0.3 is 0 Å². The number of aromatic amines is 1. The molecule has 0 saturated carbocycles. The minimum absolute atomic E-state index is 0.153. The van der Waals surface area contributed by atoms with Gasteiger partial charge in [0.15, 0.2) is 4.77 Å². The molecule has 1 unspecified atom stereocenters. The van der Waals surface area contributed by atoms with Gasteiger partial charge in [-0.1, -0.05) is 18.2 Å². The van der Waals surface area contributed by atoms with Gasteiger partial charge in [-0.2, -0.15) is 0 Å². The quantitative estimate of drug-likeness (QED) is 0.371. The third-order valence-electron chi connectivity index (χ3n) is 5.68. The molecule has 0 aliphatic carbocycles. The van der Waals surface area contributed by atoms with Crippen LogP contribution in [0.4, 0.5) is 4.39 Å². The summed E-state index contributed by atoms with van der Waals surface area (Å²) in [5.74, 6) is 0.282. The van der Waals surface area contributed by atoms with Crippen LogP contribution in [0.3, 0.4) is 0 Å². The van der Waals surface area contributed by atoms with Crippen LogP contribution in [0.25, 0.3) is 5.69 Å². The summed E-state index contributed by atoms with van der Waals surface area (Å²) >= 11 is 5.42. The molecule has 9 heteroatoms. The number of nitrogens with zero attached hydrogens (tertiary/aromatic N) is 3. The van der Waals surface area contributed by atoms with Gasteiger partial charge in [-0.3, -0.25) is 9.36 Å². The summed E-state index contributed by atoms with van der Waals surface area (Å²) in [6.07, 6.45) is 5.85. The summed E-state index contributed by atoms with van der Waals surface area (Å²) in [6, 6.07) is 11.1. The van der Waals surface area contributed by atoms with E-state index in [1.165, 1.54) is 16.7 Å². The summed E-state index contributed by atoms with van der Waals surface area (Å²) in [5.41, 5.74) is 3.55. The molecule has 4 aromatic rings. The number of ether oxygens (including phenoxy) is 1. The van der Waals surface area contributed by atoms with E-state index in [2.05, 4.69) is 9.97 Å². The second kappa shape index (κ2) is 10.1. The van der Waals surface area contributed by atoms with E-state index in [9.17, 15) is 14.3 Å². The molecule has 1 atom stereocenters. The van der Waals surface area contributed by atoms with Crippen molar-refractivity contribution in [3.63, 3.8) is 0 Å². The molecule has 34 heavy (non-hydrogen) atoms. The van der Waals surface area contributed by atoms with Crippen molar-refractivity contribution in [1.29, 1.82) is 0 Å². The van der Waals surface area contributed by atoms with E-state index in [4.69, 9.17) is 17.0 Å². The Labute approximate surface area is 201 Å². The molecule has 0 amide bonds. The van der Waals surface area contributed by atoms with E-state index in [0.29, 0.717) is 23.3 Å². The van der Waals surface area contributed by atoms with E-state index >= 15 is 0 Å². The SMILES string of the molecule is COc1cc(Cc2c[nH]c(=S)n(C(CCO)c3ccc(F)cc3)c2=O)ccc1-n1cnc(C)c1. The number of aryl methyl sites for hydroxylation is 1. The maximum atomic E-state index is 13.5. The summed E-state index contributed by atoms with van der Waals surface area (Å²) in [7, 11) is 1.60. The van der Waals surface area contributed by atoms with Crippen LogP contribution >= 0.6 is 12.2 Å². The lowest BCUT2D eigenvalue weighted by molar-refractivity contribution is 0.265. The Balaban J connectivity index is 1.71. The summed E-state index contributed by atoms with van der Waals surface area (Å²) in [4.78, 5) is 20.7. The van der Waals surface area contributed by atoms with Gasteiger partial charge in [-0.25, -0.2) is 9.37 Å². The normalized spacial score (nSPS) is 12.0. The Hall–Kier alpha value is -3.56. The first kappa shape index (κ1) is 23.6. The number of imidazole rings is 1. The van der Waals surface area contributed by atoms with Crippen LogP contribution in [0.15, 0.2) is 66.0 Å². The van der Waals surface area contributed by atoms with Crippen molar-refractivity contribution in [3.05, 3.63) is 105 Å². The molecular formula is C25H25FN4O3S. The average molecular weight is 481 g/mol. The summed E-state index contributed by atoms with van der Waals surface area (Å²) in [5, 5.41) is 9.63. The number of aromatic nitrogens is 4. The number of hydrogen-bond donors (Lipinski definition) is 2. The molecule has 0 bridgehead atoms. The highest BCUT2D eigenvalue weighted by molar-refractivity contribution is 7.71. The molecular weight excluding hydrogens is 455 g/mol. The molecule has 0 radical (unpaired) electrons. The maximum absolute atomic E-state index is 13.5. The third kappa shape index (κ3) is 4.85. The molecule has 4 rings (SSSR count). The lowest BCUT2D eigenvalue weighted by atomic mass is 10.0. The van der Waals surface area contributed by atoms with Gasteiger partial charge in [0.2, 0.25) is 0 Å². The van der Waals surface area contributed by atoms with E-state index in [0.717, 1.165) is 16.9 Å². The van der Waals surface area contributed by atoms with E-state index in [1.807, 2.05) is 35.9 Å². The number of benzene rings is 2. The van der Waals surface area contributed by atoms with E-state index in [-0.39, 0.29) is 29.2 Å². The molecule has 176 valence electrons. The fraction of sp³-hybridized carbons (Fsp3) is 0.240. The van der Waals surface area contributed by atoms with Crippen LogP contribution in [0.2, 0.25) is 0 Å². The number of halogens is 1. The third-order valence-corrected chi connectivity index (χ3v) is 5.99. The minimum Gasteiger partial charge on any atom is -0.495 e. The zero-order valence-corrected chi connectivity index (χ0v) is 19.7. The van der Waals surface area contributed by atoms with Gasteiger partial charge in [-0.05, 0) is 61.0 Å². The smallest absolute Gasteiger partial charge is 0.258 e. The molecule has 7 nitrogen and oxygen atoms in total. The number of H-pyrrole nitrogens is 1. The Morgan fingerprint density at radius 1 is 1.24 bits per heavy atom. The zero-order chi connectivity index (χ0) is 24.2. The Morgan fingerprint density at radius 3 is 2.65 bits per heavy atom. The highest BCUT2D eigenvalue weighted by Gasteiger charge is 2.19. The molecule has 2 heterocycles. The van der Waals surface area contributed by atoms with Crippen LogP contribution in [-0.4, -0.2) is 37.9 Å². The largest absolute Gasteiger partial charge is 0.495 e. The van der Waals surface area contributed by atoms with Crippen molar-refractivity contribution in [3.8, 4) is 11.4 Å².